The van der Waals surface area contributed by atoms with Crippen LogP contribution in [-0.4, -0.2) is 15.5 Å². The molecule has 1 aromatic rings. The molecule has 0 heterocycles. The number of ether oxygens (including phenoxy) is 1. The Labute approximate surface area is 88.1 Å². The normalized spacial score (nSPS) is 13.9. The third kappa shape index (κ3) is 2.70. The summed E-state index contributed by atoms with van der Waals surface area (Å²) in [5.74, 6) is 0. The lowest BCUT2D eigenvalue weighted by atomic mass is 10.1. The monoisotopic (exact) mass is 234 g/mol. The standard InChI is InChI=1S/C9H11ClO3S/c1-7(13-2)8-4-3-5-9(6-8)14(10,11)12/h3-7H,1-2H3. The Kier molecular flexibility index (Phi) is 3.53. The maximum absolute atomic E-state index is 11.0. The second-order valence-electron chi connectivity index (χ2n) is 2.89. The second kappa shape index (κ2) is 4.29. The first-order valence-electron chi connectivity index (χ1n) is 4.02. The summed E-state index contributed by atoms with van der Waals surface area (Å²) in [6, 6.07) is 6.39. The number of hydrogen-bond donors (Lipinski definition) is 0. The maximum atomic E-state index is 11.0. The van der Waals surface area contributed by atoms with Crippen molar-refractivity contribution in [1.82, 2.24) is 0 Å². The van der Waals surface area contributed by atoms with Gasteiger partial charge in [-0.1, -0.05) is 12.1 Å². The number of benzene rings is 1. The Morgan fingerprint density at radius 3 is 2.57 bits per heavy atom. The van der Waals surface area contributed by atoms with Crippen molar-refractivity contribution in [2.75, 3.05) is 7.11 Å². The molecule has 0 aromatic heterocycles. The smallest absolute Gasteiger partial charge is 0.261 e. The van der Waals surface area contributed by atoms with E-state index >= 15 is 0 Å². The Morgan fingerprint density at radius 2 is 2.07 bits per heavy atom. The van der Waals surface area contributed by atoms with Crippen LogP contribution in [0.1, 0.15) is 18.6 Å². The number of rotatable bonds is 3. The lowest BCUT2D eigenvalue weighted by Crippen LogP contribution is -1.98. The molecule has 0 N–H and O–H groups in total. The van der Waals surface area contributed by atoms with E-state index in [1.54, 1.807) is 19.2 Å². The summed E-state index contributed by atoms with van der Waals surface area (Å²) in [4.78, 5) is 0.0977. The molecule has 14 heavy (non-hydrogen) atoms. The van der Waals surface area contributed by atoms with Crippen LogP contribution >= 0.6 is 10.7 Å². The summed E-state index contributed by atoms with van der Waals surface area (Å²) in [5, 5.41) is 0. The summed E-state index contributed by atoms with van der Waals surface area (Å²) in [6.07, 6.45) is -0.145. The Balaban J connectivity index is 3.14. The fourth-order valence-corrected chi connectivity index (χ4v) is 1.86. The molecule has 1 unspecified atom stereocenters. The van der Waals surface area contributed by atoms with Gasteiger partial charge in [0.25, 0.3) is 9.05 Å². The summed E-state index contributed by atoms with van der Waals surface area (Å²) in [7, 11) is 3.12. The highest BCUT2D eigenvalue weighted by atomic mass is 35.7. The lowest BCUT2D eigenvalue weighted by molar-refractivity contribution is 0.119. The largest absolute Gasteiger partial charge is 0.377 e. The molecular formula is C9H11ClO3S. The molecule has 0 amide bonds. The van der Waals surface area contributed by atoms with Crippen molar-refractivity contribution in [3.63, 3.8) is 0 Å². The molecule has 5 heteroatoms. The fraction of sp³-hybridized carbons (Fsp3) is 0.333. The summed E-state index contributed by atoms with van der Waals surface area (Å²) in [6.45, 7) is 1.83. The fourth-order valence-electron chi connectivity index (χ4n) is 1.06. The third-order valence-corrected chi connectivity index (χ3v) is 3.31. The van der Waals surface area contributed by atoms with Gasteiger partial charge in [-0.15, -0.1) is 0 Å². The van der Waals surface area contributed by atoms with Crippen molar-refractivity contribution in [3.8, 4) is 0 Å². The molecule has 0 aliphatic carbocycles. The van der Waals surface area contributed by atoms with E-state index in [0.717, 1.165) is 5.56 Å². The van der Waals surface area contributed by atoms with Crippen LogP contribution in [0.5, 0.6) is 0 Å². The van der Waals surface area contributed by atoms with Gasteiger partial charge < -0.3 is 4.74 Å². The maximum Gasteiger partial charge on any atom is 0.261 e. The van der Waals surface area contributed by atoms with Gasteiger partial charge in [0, 0.05) is 17.8 Å². The highest BCUT2D eigenvalue weighted by Gasteiger charge is 2.12. The van der Waals surface area contributed by atoms with E-state index < -0.39 is 9.05 Å². The van der Waals surface area contributed by atoms with Crippen molar-refractivity contribution in [2.24, 2.45) is 0 Å². The zero-order chi connectivity index (χ0) is 10.8. The molecule has 1 atom stereocenters. The van der Waals surface area contributed by atoms with Crippen LogP contribution in [0.4, 0.5) is 0 Å². The van der Waals surface area contributed by atoms with Gasteiger partial charge in [0.05, 0.1) is 11.0 Å². The zero-order valence-corrected chi connectivity index (χ0v) is 9.47. The summed E-state index contributed by atoms with van der Waals surface area (Å²) >= 11 is 0. The first-order valence-corrected chi connectivity index (χ1v) is 6.33. The van der Waals surface area contributed by atoms with Crippen LogP contribution < -0.4 is 0 Å². The highest BCUT2D eigenvalue weighted by Crippen LogP contribution is 2.21. The van der Waals surface area contributed by atoms with E-state index in [2.05, 4.69) is 0 Å². The van der Waals surface area contributed by atoms with E-state index in [9.17, 15) is 8.42 Å². The Bertz CT molecular complexity index is 414. The first-order chi connectivity index (χ1) is 6.45. The lowest BCUT2D eigenvalue weighted by Gasteiger charge is -2.09. The van der Waals surface area contributed by atoms with Crippen LogP contribution in [0, 0.1) is 0 Å². The number of hydrogen-bond acceptors (Lipinski definition) is 3. The van der Waals surface area contributed by atoms with Gasteiger partial charge in [0.1, 0.15) is 0 Å². The van der Waals surface area contributed by atoms with Gasteiger partial charge in [-0.25, -0.2) is 8.42 Å². The van der Waals surface area contributed by atoms with Crippen LogP contribution in [0.3, 0.4) is 0 Å². The van der Waals surface area contributed by atoms with Gasteiger partial charge in [0.15, 0.2) is 0 Å². The third-order valence-electron chi connectivity index (χ3n) is 1.96. The predicted molar refractivity (Wildman–Crippen MR) is 54.9 cm³/mol. The average Bonchev–Trinajstić information content (AvgIpc) is 2.15. The van der Waals surface area contributed by atoms with Crippen molar-refractivity contribution >= 4 is 19.7 Å². The van der Waals surface area contributed by atoms with Gasteiger partial charge in [0.2, 0.25) is 0 Å². The molecule has 0 aliphatic rings. The Morgan fingerprint density at radius 1 is 1.43 bits per heavy atom. The molecule has 0 saturated carbocycles. The molecule has 0 fully saturated rings. The van der Waals surface area contributed by atoms with E-state index in [0.29, 0.717) is 0 Å². The van der Waals surface area contributed by atoms with Crippen LogP contribution in [0.2, 0.25) is 0 Å². The first kappa shape index (κ1) is 11.5. The van der Waals surface area contributed by atoms with Crippen LogP contribution in [0.25, 0.3) is 0 Å². The van der Waals surface area contributed by atoms with Gasteiger partial charge in [-0.3, -0.25) is 0 Å². The number of methoxy groups -OCH3 is 1. The van der Waals surface area contributed by atoms with Crippen molar-refractivity contribution in [2.45, 2.75) is 17.9 Å². The number of halogens is 1. The SMILES string of the molecule is COC(C)c1cccc(S(=O)(=O)Cl)c1. The minimum Gasteiger partial charge on any atom is -0.377 e. The molecule has 0 spiro atoms. The molecule has 0 bridgehead atoms. The highest BCUT2D eigenvalue weighted by molar-refractivity contribution is 8.13. The van der Waals surface area contributed by atoms with E-state index in [-0.39, 0.29) is 11.0 Å². The summed E-state index contributed by atoms with van der Waals surface area (Å²) < 4.78 is 27.1. The Hall–Kier alpha value is -0.580. The molecule has 1 rings (SSSR count). The molecule has 3 nitrogen and oxygen atoms in total. The molecule has 0 radical (unpaired) electrons. The van der Waals surface area contributed by atoms with Gasteiger partial charge in [-0.05, 0) is 24.6 Å². The van der Waals surface area contributed by atoms with Gasteiger partial charge >= 0.3 is 0 Å². The molecule has 1 aromatic carbocycles. The van der Waals surface area contributed by atoms with Crippen molar-refractivity contribution in [3.05, 3.63) is 29.8 Å². The van der Waals surface area contributed by atoms with E-state index in [4.69, 9.17) is 15.4 Å². The van der Waals surface area contributed by atoms with E-state index in [1.165, 1.54) is 12.1 Å². The second-order valence-corrected chi connectivity index (χ2v) is 5.45. The van der Waals surface area contributed by atoms with Crippen LogP contribution in [-0.2, 0) is 13.8 Å². The molecule has 0 saturated heterocycles. The van der Waals surface area contributed by atoms with Crippen molar-refractivity contribution < 1.29 is 13.2 Å². The van der Waals surface area contributed by atoms with Crippen LogP contribution in [0.15, 0.2) is 29.2 Å². The molecular weight excluding hydrogens is 224 g/mol. The average molecular weight is 235 g/mol. The quantitative estimate of drug-likeness (QED) is 0.754. The van der Waals surface area contributed by atoms with Gasteiger partial charge in [-0.2, -0.15) is 0 Å². The predicted octanol–water partition coefficient (Wildman–Crippen LogP) is 2.32. The molecule has 78 valence electrons. The minimum atomic E-state index is -3.65. The van der Waals surface area contributed by atoms with E-state index in [1.807, 2.05) is 6.92 Å². The summed E-state index contributed by atoms with van der Waals surface area (Å²) in [5.41, 5.74) is 0.786. The minimum absolute atomic E-state index is 0.0977. The van der Waals surface area contributed by atoms with Crippen molar-refractivity contribution in [1.29, 1.82) is 0 Å². The zero-order valence-electron chi connectivity index (χ0n) is 7.90. The topological polar surface area (TPSA) is 43.4 Å². The molecule has 0 aliphatic heterocycles.